The van der Waals surface area contributed by atoms with Crippen LogP contribution in [0.2, 0.25) is 0 Å². The molecule has 0 aliphatic heterocycles. The van der Waals surface area contributed by atoms with Crippen molar-refractivity contribution < 1.29 is 19.1 Å². The second-order valence-electron chi connectivity index (χ2n) is 7.12. The van der Waals surface area contributed by atoms with Gasteiger partial charge in [-0.15, -0.1) is 0 Å². The maximum absolute atomic E-state index is 12.2. The molecular weight excluding hydrogens is 354 g/mol. The zero-order valence-corrected chi connectivity index (χ0v) is 16.8. The van der Waals surface area contributed by atoms with E-state index in [1.54, 1.807) is 24.3 Å². The lowest BCUT2D eigenvalue weighted by Crippen LogP contribution is -2.32. The minimum absolute atomic E-state index is 0.0882. The number of ether oxygens (including phenoxy) is 2. The maximum Gasteiger partial charge on any atom is 0.338 e. The molecule has 0 spiro atoms. The Balaban J connectivity index is 1.84. The molecule has 0 saturated carbocycles. The number of nitrogens with one attached hydrogen (secondary N) is 1. The fourth-order valence-electron chi connectivity index (χ4n) is 2.70. The van der Waals surface area contributed by atoms with E-state index in [0.717, 1.165) is 18.4 Å². The van der Waals surface area contributed by atoms with Crippen LogP contribution in [0.3, 0.4) is 0 Å². The molecule has 5 heteroatoms. The summed E-state index contributed by atoms with van der Waals surface area (Å²) in [6.07, 6.45) is 1.76. The Bertz CT molecular complexity index is 741. The molecule has 0 radical (unpaired) electrons. The lowest BCUT2D eigenvalue weighted by atomic mass is 10.0. The molecule has 0 unspecified atom stereocenters. The van der Waals surface area contributed by atoms with Crippen LogP contribution in [0.15, 0.2) is 54.6 Å². The Morgan fingerprint density at radius 1 is 1.00 bits per heavy atom. The fraction of sp³-hybridized carbons (Fsp3) is 0.391. The Morgan fingerprint density at radius 3 is 2.29 bits per heavy atom. The van der Waals surface area contributed by atoms with Crippen molar-refractivity contribution in [2.45, 2.75) is 39.7 Å². The molecule has 0 heterocycles. The molecule has 1 amide bonds. The predicted octanol–water partition coefficient (Wildman–Crippen LogP) is 4.54. The Hall–Kier alpha value is -2.82. The van der Waals surface area contributed by atoms with E-state index in [1.165, 1.54) is 0 Å². The number of carbonyl (C=O) groups is 2. The number of hydrogen-bond acceptors (Lipinski definition) is 4. The highest BCUT2D eigenvalue weighted by molar-refractivity contribution is 5.91. The van der Waals surface area contributed by atoms with Crippen LogP contribution < -0.4 is 10.1 Å². The summed E-state index contributed by atoms with van der Waals surface area (Å²) in [4.78, 5) is 24.4. The van der Waals surface area contributed by atoms with Crippen molar-refractivity contribution in [1.82, 2.24) is 5.32 Å². The molecule has 1 N–H and O–H groups in total. The van der Waals surface area contributed by atoms with Crippen molar-refractivity contribution >= 4 is 11.9 Å². The Morgan fingerprint density at radius 2 is 1.68 bits per heavy atom. The van der Waals surface area contributed by atoms with E-state index < -0.39 is 5.97 Å². The standard InChI is InChI=1S/C23H29NO4/c1-4-8-21(18-9-6-5-7-10-18)24-22(25)16-28-23(26)19-11-13-20(14-12-19)27-15-17(2)3/h5-7,9-14,17,21H,4,8,15-16H2,1-3H3,(H,24,25)/t21-/m1/s1. The summed E-state index contributed by atoms with van der Waals surface area (Å²) in [5.74, 6) is 0.286. The first-order valence-corrected chi connectivity index (χ1v) is 9.74. The largest absolute Gasteiger partial charge is 0.493 e. The molecule has 0 bridgehead atoms. The quantitative estimate of drug-likeness (QED) is 0.612. The summed E-state index contributed by atoms with van der Waals surface area (Å²) in [6, 6.07) is 16.4. The van der Waals surface area contributed by atoms with E-state index in [1.807, 2.05) is 30.3 Å². The van der Waals surface area contributed by atoms with Gasteiger partial charge in [0.2, 0.25) is 0 Å². The van der Waals surface area contributed by atoms with Gasteiger partial charge in [-0.1, -0.05) is 57.5 Å². The molecule has 28 heavy (non-hydrogen) atoms. The van der Waals surface area contributed by atoms with E-state index in [4.69, 9.17) is 9.47 Å². The van der Waals surface area contributed by atoms with Crippen LogP contribution >= 0.6 is 0 Å². The minimum Gasteiger partial charge on any atom is -0.493 e. The van der Waals surface area contributed by atoms with Gasteiger partial charge in [0.15, 0.2) is 6.61 Å². The van der Waals surface area contributed by atoms with E-state index in [0.29, 0.717) is 23.8 Å². The van der Waals surface area contributed by atoms with Crippen LogP contribution in [0.4, 0.5) is 0 Å². The zero-order valence-electron chi connectivity index (χ0n) is 16.8. The van der Waals surface area contributed by atoms with Gasteiger partial charge < -0.3 is 14.8 Å². The van der Waals surface area contributed by atoms with Crippen LogP contribution in [-0.4, -0.2) is 25.1 Å². The highest BCUT2D eigenvalue weighted by atomic mass is 16.5. The SMILES string of the molecule is CCC[C@@H](NC(=O)COC(=O)c1ccc(OCC(C)C)cc1)c1ccccc1. The van der Waals surface area contributed by atoms with E-state index in [-0.39, 0.29) is 18.6 Å². The van der Waals surface area contributed by atoms with Crippen molar-refractivity contribution in [3.8, 4) is 5.75 Å². The molecule has 0 saturated heterocycles. The second-order valence-corrected chi connectivity index (χ2v) is 7.12. The molecule has 2 aromatic carbocycles. The van der Waals surface area contributed by atoms with Crippen LogP contribution in [-0.2, 0) is 9.53 Å². The average Bonchev–Trinajstić information content (AvgIpc) is 2.71. The van der Waals surface area contributed by atoms with Gasteiger partial charge in [-0.25, -0.2) is 4.79 Å². The molecule has 150 valence electrons. The van der Waals surface area contributed by atoms with Gasteiger partial charge >= 0.3 is 5.97 Å². The molecule has 0 aromatic heterocycles. The summed E-state index contributed by atoms with van der Waals surface area (Å²) in [7, 11) is 0. The summed E-state index contributed by atoms with van der Waals surface area (Å²) in [5.41, 5.74) is 1.43. The number of amides is 1. The Kier molecular flexibility index (Phi) is 8.53. The van der Waals surface area contributed by atoms with Crippen molar-refractivity contribution in [3.63, 3.8) is 0 Å². The molecule has 0 aliphatic carbocycles. The second kappa shape index (κ2) is 11.1. The topological polar surface area (TPSA) is 64.6 Å². The normalized spacial score (nSPS) is 11.7. The highest BCUT2D eigenvalue weighted by Gasteiger charge is 2.15. The molecule has 2 aromatic rings. The first-order chi connectivity index (χ1) is 13.5. The summed E-state index contributed by atoms with van der Waals surface area (Å²) in [6.45, 7) is 6.51. The number of benzene rings is 2. The van der Waals surface area contributed by atoms with E-state index in [2.05, 4.69) is 26.1 Å². The van der Waals surface area contributed by atoms with Crippen LogP contribution in [0.1, 0.15) is 55.6 Å². The van der Waals surface area contributed by atoms with Crippen LogP contribution in [0.5, 0.6) is 5.75 Å². The van der Waals surface area contributed by atoms with Crippen LogP contribution in [0, 0.1) is 5.92 Å². The van der Waals surface area contributed by atoms with Gasteiger partial charge in [0, 0.05) is 0 Å². The van der Waals surface area contributed by atoms with E-state index in [9.17, 15) is 9.59 Å². The van der Waals surface area contributed by atoms with Crippen molar-refractivity contribution in [2.24, 2.45) is 5.92 Å². The van der Waals surface area contributed by atoms with Gasteiger partial charge in [0.1, 0.15) is 5.75 Å². The smallest absolute Gasteiger partial charge is 0.338 e. The molecule has 0 fully saturated rings. The minimum atomic E-state index is -0.530. The highest BCUT2D eigenvalue weighted by Crippen LogP contribution is 2.18. The van der Waals surface area contributed by atoms with Gasteiger partial charge in [-0.05, 0) is 42.2 Å². The number of rotatable bonds is 10. The monoisotopic (exact) mass is 383 g/mol. The molecular formula is C23H29NO4. The first-order valence-electron chi connectivity index (χ1n) is 9.74. The number of carbonyl (C=O) groups excluding carboxylic acids is 2. The molecule has 0 aliphatic rings. The molecule has 5 nitrogen and oxygen atoms in total. The average molecular weight is 383 g/mol. The summed E-state index contributed by atoms with van der Waals surface area (Å²) < 4.78 is 10.7. The van der Waals surface area contributed by atoms with Gasteiger partial charge in [0.05, 0.1) is 18.2 Å². The lowest BCUT2D eigenvalue weighted by Gasteiger charge is -2.18. The predicted molar refractivity (Wildman–Crippen MR) is 109 cm³/mol. The third kappa shape index (κ3) is 7.06. The van der Waals surface area contributed by atoms with Crippen molar-refractivity contribution in [2.75, 3.05) is 13.2 Å². The van der Waals surface area contributed by atoms with Gasteiger partial charge in [-0.3, -0.25) is 4.79 Å². The van der Waals surface area contributed by atoms with Crippen LogP contribution in [0.25, 0.3) is 0 Å². The molecule has 2 rings (SSSR count). The fourth-order valence-corrected chi connectivity index (χ4v) is 2.70. The maximum atomic E-state index is 12.2. The number of esters is 1. The zero-order chi connectivity index (χ0) is 20.4. The van der Waals surface area contributed by atoms with Gasteiger partial charge in [0.25, 0.3) is 5.91 Å². The van der Waals surface area contributed by atoms with Crippen molar-refractivity contribution in [1.29, 1.82) is 0 Å². The summed E-state index contributed by atoms with van der Waals surface area (Å²) in [5, 5.41) is 2.94. The third-order valence-corrected chi connectivity index (χ3v) is 4.12. The van der Waals surface area contributed by atoms with E-state index >= 15 is 0 Å². The summed E-state index contributed by atoms with van der Waals surface area (Å²) >= 11 is 0. The molecule has 1 atom stereocenters. The Labute approximate surface area is 167 Å². The van der Waals surface area contributed by atoms with Crippen molar-refractivity contribution in [3.05, 3.63) is 65.7 Å². The first kappa shape index (κ1) is 21.5. The lowest BCUT2D eigenvalue weighted by molar-refractivity contribution is -0.125. The van der Waals surface area contributed by atoms with Gasteiger partial charge in [-0.2, -0.15) is 0 Å². The number of hydrogen-bond donors (Lipinski definition) is 1. The third-order valence-electron chi connectivity index (χ3n) is 4.12.